The predicted molar refractivity (Wildman–Crippen MR) is 100 cm³/mol. The van der Waals surface area contributed by atoms with Crippen molar-refractivity contribution in [3.8, 4) is 0 Å². The monoisotopic (exact) mass is 368 g/mol. The molecule has 0 aromatic rings. The molecule has 2 saturated carbocycles. The molecule has 1 amide bonds. The molecule has 26 heavy (non-hydrogen) atoms. The minimum absolute atomic E-state index is 0.206. The zero-order chi connectivity index (χ0) is 18.9. The minimum atomic E-state index is -0.484. The molecule has 0 aromatic heterocycles. The van der Waals surface area contributed by atoms with Crippen LogP contribution in [0.2, 0.25) is 0 Å². The lowest BCUT2D eigenvalue weighted by atomic mass is 9.70. The van der Waals surface area contributed by atoms with Crippen molar-refractivity contribution in [1.29, 1.82) is 0 Å². The van der Waals surface area contributed by atoms with Crippen molar-refractivity contribution >= 4 is 6.09 Å². The van der Waals surface area contributed by atoms with Crippen molar-refractivity contribution in [2.45, 2.75) is 59.2 Å². The third kappa shape index (κ3) is 3.87. The molecule has 4 atom stereocenters. The maximum absolute atomic E-state index is 11.7. The van der Waals surface area contributed by atoms with E-state index in [0.717, 1.165) is 19.0 Å². The summed E-state index contributed by atoms with van der Waals surface area (Å²) in [7, 11) is 0. The van der Waals surface area contributed by atoms with Gasteiger partial charge in [0.1, 0.15) is 0 Å². The summed E-state index contributed by atoms with van der Waals surface area (Å²) in [6.45, 7) is 13.1. The molecule has 150 valence electrons. The number of carbonyl (C=O) groups excluding carboxylic acids is 1. The van der Waals surface area contributed by atoms with Gasteiger partial charge in [-0.1, -0.05) is 20.8 Å². The molecule has 0 spiro atoms. The summed E-state index contributed by atoms with van der Waals surface area (Å²) in [6.07, 6.45) is 3.35. The molecule has 0 unspecified atom stereocenters. The third-order valence-electron chi connectivity index (χ3n) is 6.96. The van der Waals surface area contributed by atoms with Crippen molar-refractivity contribution in [2.75, 3.05) is 45.9 Å². The van der Waals surface area contributed by atoms with Crippen LogP contribution in [0.15, 0.2) is 0 Å². The number of aliphatic hydroxyl groups is 1. The molecule has 3 aliphatic rings. The molecule has 1 N–H and O–H groups in total. The molecule has 0 aromatic carbocycles. The topological polar surface area (TPSA) is 62.2 Å². The van der Waals surface area contributed by atoms with Gasteiger partial charge >= 0.3 is 6.09 Å². The maximum Gasteiger partial charge on any atom is 0.409 e. The Labute approximate surface area is 157 Å². The number of ether oxygens (including phenoxy) is 2. The van der Waals surface area contributed by atoms with E-state index in [1.807, 2.05) is 6.92 Å². The second-order valence-electron chi connectivity index (χ2n) is 9.27. The number of piperazine rings is 1. The summed E-state index contributed by atoms with van der Waals surface area (Å²) in [5.41, 5.74) is 0.483. The number of fused-ring (bicyclic) bond motifs is 2. The zero-order valence-electron chi connectivity index (χ0n) is 16.9. The molecule has 1 heterocycles. The first kappa shape index (κ1) is 19.9. The standard InChI is InChI=1S/C20H36N2O4/c1-5-25-18(24)22-10-8-21(9-11-22)13-16(23)14-26-17-19(2,3)15-6-7-20(17,4)12-15/h15-17,23H,5-14H2,1-4H3/t15-,16+,17+,20+/m0/s1. The average molecular weight is 369 g/mol. The molecule has 6 nitrogen and oxygen atoms in total. The quantitative estimate of drug-likeness (QED) is 0.780. The Morgan fingerprint density at radius 3 is 2.50 bits per heavy atom. The Morgan fingerprint density at radius 2 is 1.92 bits per heavy atom. The van der Waals surface area contributed by atoms with Crippen molar-refractivity contribution in [3.63, 3.8) is 0 Å². The summed E-state index contributed by atoms with van der Waals surface area (Å²) in [4.78, 5) is 15.7. The molecule has 3 fully saturated rings. The van der Waals surface area contributed by atoms with Crippen LogP contribution in [0.5, 0.6) is 0 Å². The second-order valence-corrected chi connectivity index (χ2v) is 9.27. The van der Waals surface area contributed by atoms with E-state index in [2.05, 4.69) is 25.7 Å². The van der Waals surface area contributed by atoms with Crippen LogP contribution < -0.4 is 0 Å². The van der Waals surface area contributed by atoms with Crippen LogP contribution in [0.4, 0.5) is 4.79 Å². The fourth-order valence-corrected chi connectivity index (χ4v) is 5.56. The zero-order valence-corrected chi connectivity index (χ0v) is 16.9. The van der Waals surface area contributed by atoms with E-state index in [4.69, 9.17) is 9.47 Å². The lowest BCUT2D eigenvalue weighted by molar-refractivity contribution is -0.114. The number of β-amino-alcohol motifs (C(OH)–C–C–N with tert-alkyl or cyclic N) is 1. The smallest absolute Gasteiger partial charge is 0.409 e. The SMILES string of the molecule is CCOC(=O)N1CCN(C[C@@H](O)CO[C@@H]2C(C)(C)[C@H]3CC[C@]2(C)C3)CC1. The van der Waals surface area contributed by atoms with Crippen molar-refractivity contribution in [2.24, 2.45) is 16.7 Å². The number of hydrogen-bond acceptors (Lipinski definition) is 5. The van der Waals surface area contributed by atoms with Crippen LogP contribution >= 0.6 is 0 Å². The molecule has 1 saturated heterocycles. The van der Waals surface area contributed by atoms with Gasteiger partial charge in [0.05, 0.1) is 25.4 Å². The summed E-state index contributed by atoms with van der Waals surface area (Å²) < 4.78 is 11.3. The maximum atomic E-state index is 11.7. The number of aliphatic hydroxyl groups excluding tert-OH is 1. The number of carbonyl (C=O) groups is 1. The van der Waals surface area contributed by atoms with Gasteiger partial charge in [-0.15, -0.1) is 0 Å². The number of nitrogens with zero attached hydrogens (tertiary/aromatic N) is 2. The van der Waals surface area contributed by atoms with E-state index in [1.54, 1.807) is 4.90 Å². The van der Waals surface area contributed by atoms with Gasteiger partial charge in [0, 0.05) is 32.7 Å². The summed E-state index contributed by atoms with van der Waals surface area (Å²) in [6, 6.07) is 0. The summed E-state index contributed by atoms with van der Waals surface area (Å²) in [5, 5.41) is 10.5. The van der Waals surface area contributed by atoms with Crippen LogP contribution in [0, 0.1) is 16.7 Å². The second kappa shape index (κ2) is 7.64. The van der Waals surface area contributed by atoms with Crippen LogP contribution in [-0.2, 0) is 9.47 Å². The van der Waals surface area contributed by atoms with Gasteiger partial charge in [0.15, 0.2) is 0 Å². The normalized spacial score (nSPS) is 34.9. The van der Waals surface area contributed by atoms with Crippen molar-refractivity contribution in [1.82, 2.24) is 9.80 Å². The van der Waals surface area contributed by atoms with Crippen LogP contribution in [-0.4, -0.2) is 79.1 Å². The third-order valence-corrected chi connectivity index (χ3v) is 6.96. The van der Waals surface area contributed by atoms with Crippen molar-refractivity contribution in [3.05, 3.63) is 0 Å². The molecule has 1 aliphatic heterocycles. The number of rotatable bonds is 6. The highest BCUT2D eigenvalue weighted by molar-refractivity contribution is 5.67. The first-order valence-electron chi connectivity index (χ1n) is 10.2. The molecule has 2 aliphatic carbocycles. The van der Waals surface area contributed by atoms with E-state index >= 15 is 0 Å². The van der Waals surface area contributed by atoms with Gasteiger partial charge in [0.2, 0.25) is 0 Å². The van der Waals surface area contributed by atoms with Gasteiger partial charge in [-0.05, 0) is 42.9 Å². The average Bonchev–Trinajstić information content (AvgIpc) is 3.06. The highest BCUT2D eigenvalue weighted by atomic mass is 16.6. The number of amides is 1. The van der Waals surface area contributed by atoms with Gasteiger partial charge in [-0.25, -0.2) is 4.79 Å². The molecular weight excluding hydrogens is 332 g/mol. The van der Waals surface area contributed by atoms with E-state index in [9.17, 15) is 9.90 Å². The minimum Gasteiger partial charge on any atom is -0.450 e. The highest BCUT2D eigenvalue weighted by Crippen LogP contribution is 2.63. The van der Waals surface area contributed by atoms with Gasteiger partial charge in [-0.2, -0.15) is 0 Å². The van der Waals surface area contributed by atoms with Crippen LogP contribution in [0.3, 0.4) is 0 Å². The summed E-state index contributed by atoms with van der Waals surface area (Å²) in [5.74, 6) is 0.755. The Kier molecular flexibility index (Phi) is 5.85. The molecule has 3 rings (SSSR count). The fourth-order valence-electron chi connectivity index (χ4n) is 5.56. The van der Waals surface area contributed by atoms with E-state index in [-0.39, 0.29) is 23.0 Å². The number of hydrogen-bond donors (Lipinski definition) is 1. The van der Waals surface area contributed by atoms with E-state index in [1.165, 1.54) is 19.3 Å². The summed E-state index contributed by atoms with van der Waals surface area (Å²) >= 11 is 0. The van der Waals surface area contributed by atoms with Gasteiger partial charge in [-0.3, -0.25) is 4.90 Å². The van der Waals surface area contributed by atoms with Crippen molar-refractivity contribution < 1.29 is 19.4 Å². The first-order chi connectivity index (χ1) is 12.3. The van der Waals surface area contributed by atoms with Gasteiger partial charge < -0.3 is 19.5 Å². The first-order valence-corrected chi connectivity index (χ1v) is 10.2. The fraction of sp³-hybridized carbons (Fsp3) is 0.950. The Bertz CT molecular complexity index is 499. The lowest BCUT2D eigenvalue weighted by Crippen LogP contribution is -2.51. The molecule has 2 bridgehead atoms. The Balaban J connectivity index is 1.41. The highest BCUT2D eigenvalue weighted by Gasteiger charge is 2.60. The van der Waals surface area contributed by atoms with Crippen LogP contribution in [0.25, 0.3) is 0 Å². The Morgan fingerprint density at radius 1 is 1.23 bits per heavy atom. The largest absolute Gasteiger partial charge is 0.450 e. The van der Waals surface area contributed by atoms with Gasteiger partial charge in [0.25, 0.3) is 0 Å². The molecule has 0 radical (unpaired) electrons. The molecular formula is C20H36N2O4. The predicted octanol–water partition coefficient (Wildman–Crippen LogP) is 2.35. The van der Waals surface area contributed by atoms with Crippen LogP contribution in [0.1, 0.15) is 47.0 Å². The van der Waals surface area contributed by atoms with E-state index in [0.29, 0.717) is 32.8 Å². The lowest BCUT2D eigenvalue weighted by Gasteiger charge is -2.43. The Hall–Kier alpha value is -0.850. The molecule has 6 heteroatoms. The van der Waals surface area contributed by atoms with E-state index < -0.39 is 6.10 Å².